The highest BCUT2D eigenvalue weighted by Crippen LogP contribution is 2.45. The first-order valence-electron chi connectivity index (χ1n) is 8.80. The highest BCUT2D eigenvalue weighted by Gasteiger charge is 2.49. The molecule has 136 valence electrons. The summed E-state index contributed by atoms with van der Waals surface area (Å²) >= 11 is 3.48. The van der Waals surface area contributed by atoms with Gasteiger partial charge in [-0.25, -0.2) is 0 Å². The molecule has 0 unspecified atom stereocenters. The molecule has 2 aliphatic rings. The number of methoxy groups -OCH3 is 1. The quantitative estimate of drug-likeness (QED) is 0.706. The Morgan fingerprint density at radius 1 is 1.27 bits per heavy atom. The molecule has 6 heteroatoms. The molecule has 1 saturated carbocycles. The van der Waals surface area contributed by atoms with Gasteiger partial charge in [0, 0.05) is 24.8 Å². The Morgan fingerprint density at radius 3 is 2.50 bits per heavy atom. The number of ether oxygens (including phenoxy) is 1. The second-order valence-corrected chi connectivity index (χ2v) is 8.00. The average Bonchev–Trinajstić information content (AvgIpc) is 2.93. The summed E-state index contributed by atoms with van der Waals surface area (Å²) in [6.45, 7) is 2.84. The Labute approximate surface area is 161 Å². The van der Waals surface area contributed by atoms with E-state index >= 15 is 0 Å². The number of aromatic nitrogens is 1. The minimum Gasteiger partial charge on any atom is -0.497 e. The van der Waals surface area contributed by atoms with E-state index in [0.717, 1.165) is 37.1 Å². The van der Waals surface area contributed by atoms with E-state index in [9.17, 15) is 9.59 Å². The third-order valence-corrected chi connectivity index (χ3v) is 6.47. The number of benzene rings is 1. The fraction of sp³-hybridized carbons (Fsp3) is 0.400. The maximum absolute atomic E-state index is 13.3. The number of hydrogen-bond donors (Lipinski definition) is 0. The van der Waals surface area contributed by atoms with E-state index in [0.29, 0.717) is 22.3 Å². The lowest BCUT2D eigenvalue weighted by Crippen LogP contribution is -2.61. The van der Waals surface area contributed by atoms with Crippen LogP contribution in [0.1, 0.15) is 52.6 Å². The predicted molar refractivity (Wildman–Crippen MR) is 102 cm³/mol. The molecule has 5 nitrogen and oxygen atoms in total. The Morgan fingerprint density at radius 2 is 1.96 bits per heavy atom. The molecular weight excluding hydrogens is 396 g/mol. The smallest absolute Gasteiger partial charge is 0.272 e. The molecule has 2 aromatic rings. The molecule has 26 heavy (non-hydrogen) atoms. The summed E-state index contributed by atoms with van der Waals surface area (Å²) in [5.41, 5.74) is 2.10. The minimum atomic E-state index is -0.142. The number of carbonyl (C=O) groups excluding carboxylic acids is 2. The second kappa shape index (κ2) is 6.27. The van der Waals surface area contributed by atoms with Gasteiger partial charge in [-0.2, -0.15) is 0 Å². The van der Waals surface area contributed by atoms with Crippen LogP contribution in [0.25, 0.3) is 0 Å². The van der Waals surface area contributed by atoms with Crippen molar-refractivity contribution in [3.8, 4) is 5.75 Å². The van der Waals surface area contributed by atoms with E-state index in [1.165, 1.54) is 6.92 Å². The molecule has 4 rings (SSSR count). The molecule has 1 aliphatic heterocycles. The third kappa shape index (κ3) is 2.58. The molecule has 1 spiro atoms. The number of fused-ring (bicyclic) bond motifs is 1. The number of hydrogen-bond acceptors (Lipinski definition) is 3. The molecular formula is C20H21BrN2O3. The van der Waals surface area contributed by atoms with Crippen molar-refractivity contribution in [3.63, 3.8) is 0 Å². The summed E-state index contributed by atoms with van der Waals surface area (Å²) in [5, 5.41) is 0. The average molecular weight is 417 g/mol. The fourth-order valence-electron chi connectivity index (χ4n) is 4.03. The van der Waals surface area contributed by atoms with Crippen LogP contribution in [0.2, 0.25) is 0 Å². The SMILES string of the molecule is COc1ccc(CN2C(=O)c3c(Br)c(C(C)=O)cn3CC23CCC3)cc1. The van der Waals surface area contributed by atoms with Gasteiger partial charge in [-0.3, -0.25) is 9.59 Å². The van der Waals surface area contributed by atoms with Crippen LogP contribution >= 0.6 is 15.9 Å². The van der Waals surface area contributed by atoms with Crippen LogP contribution in [0.5, 0.6) is 5.75 Å². The molecule has 2 heterocycles. The fourth-order valence-corrected chi connectivity index (χ4v) is 4.81. The number of Topliss-reactive ketones (excluding diaryl/α,β-unsaturated/α-hetero) is 1. The van der Waals surface area contributed by atoms with Crippen LogP contribution in [0.4, 0.5) is 0 Å². The molecule has 0 N–H and O–H groups in total. The summed E-state index contributed by atoms with van der Waals surface area (Å²) in [6, 6.07) is 7.84. The Kier molecular flexibility index (Phi) is 4.18. The standard InChI is InChI=1S/C20H21BrN2O3/c1-13(24)16-11-22-12-20(8-3-9-20)23(19(25)18(22)17(16)21)10-14-4-6-15(26-2)7-5-14/h4-7,11H,3,8-10,12H2,1-2H3. The highest BCUT2D eigenvalue weighted by molar-refractivity contribution is 9.10. The molecule has 0 saturated heterocycles. The van der Waals surface area contributed by atoms with Crippen molar-refractivity contribution >= 4 is 27.6 Å². The maximum Gasteiger partial charge on any atom is 0.272 e. The lowest BCUT2D eigenvalue weighted by atomic mass is 9.73. The zero-order valence-electron chi connectivity index (χ0n) is 14.9. The van der Waals surface area contributed by atoms with Crippen molar-refractivity contribution in [2.75, 3.05) is 7.11 Å². The monoisotopic (exact) mass is 416 g/mol. The van der Waals surface area contributed by atoms with Gasteiger partial charge in [0.2, 0.25) is 0 Å². The molecule has 0 atom stereocenters. The number of amides is 1. The van der Waals surface area contributed by atoms with Gasteiger partial charge in [0.15, 0.2) is 5.78 Å². The Hall–Kier alpha value is -2.08. The van der Waals surface area contributed by atoms with Crippen molar-refractivity contribution in [2.24, 2.45) is 0 Å². The molecule has 0 bridgehead atoms. The van der Waals surface area contributed by atoms with Gasteiger partial charge in [0.25, 0.3) is 5.91 Å². The minimum absolute atomic E-state index is 0.00820. The van der Waals surface area contributed by atoms with E-state index < -0.39 is 0 Å². The van der Waals surface area contributed by atoms with Gasteiger partial charge in [-0.1, -0.05) is 12.1 Å². The van der Waals surface area contributed by atoms with Crippen LogP contribution in [-0.2, 0) is 13.1 Å². The number of ketones is 1. The van der Waals surface area contributed by atoms with Gasteiger partial charge in [0.05, 0.1) is 17.1 Å². The van der Waals surface area contributed by atoms with Crippen LogP contribution in [0.3, 0.4) is 0 Å². The lowest BCUT2D eigenvalue weighted by Gasteiger charge is -2.53. The van der Waals surface area contributed by atoms with Crippen LogP contribution in [0, 0.1) is 0 Å². The van der Waals surface area contributed by atoms with E-state index in [4.69, 9.17) is 4.74 Å². The number of carbonyl (C=O) groups is 2. The Balaban J connectivity index is 1.71. The summed E-state index contributed by atoms with van der Waals surface area (Å²) < 4.78 is 7.80. The lowest BCUT2D eigenvalue weighted by molar-refractivity contribution is -0.00970. The maximum atomic E-state index is 13.3. The van der Waals surface area contributed by atoms with E-state index in [-0.39, 0.29) is 17.2 Å². The highest BCUT2D eigenvalue weighted by atomic mass is 79.9. The molecule has 0 radical (unpaired) electrons. The number of halogens is 1. The van der Waals surface area contributed by atoms with E-state index in [1.54, 1.807) is 7.11 Å². The van der Waals surface area contributed by atoms with Gasteiger partial charge in [-0.15, -0.1) is 0 Å². The summed E-state index contributed by atoms with van der Waals surface area (Å²) in [7, 11) is 1.64. The zero-order chi connectivity index (χ0) is 18.5. The van der Waals surface area contributed by atoms with Crippen molar-refractivity contribution in [2.45, 2.75) is 44.8 Å². The summed E-state index contributed by atoms with van der Waals surface area (Å²) in [4.78, 5) is 27.2. The first kappa shape index (κ1) is 17.3. The Bertz CT molecular complexity index is 881. The second-order valence-electron chi connectivity index (χ2n) is 7.21. The van der Waals surface area contributed by atoms with Crippen molar-refractivity contribution in [1.82, 2.24) is 9.47 Å². The van der Waals surface area contributed by atoms with Gasteiger partial charge < -0.3 is 14.2 Å². The predicted octanol–water partition coefficient (Wildman–Crippen LogP) is 4.04. The molecule has 1 aromatic heterocycles. The van der Waals surface area contributed by atoms with Crippen LogP contribution < -0.4 is 4.74 Å². The van der Waals surface area contributed by atoms with Crippen molar-refractivity contribution < 1.29 is 14.3 Å². The topological polar surface area (TPSA) is 51.5 Å². The van der Waals surface area contributed by atoms with Crippen molar-refractivity contribution in [3.05, 3.63) is 51.8 Å². The molecule has 1 aliphatic carbocycles. The normalized spacial score (nSPS) is 17.8. The number of nitrogens with zero attached hydrogens (tertiary/aromatic N) is 2. The largest absolute Gasteiger partial charge is 0.497 e. The van der Waals surface area contributed by atoms with E-state index in [1.807, 2.05) is 39.9 Å². The third-order valence-electron chi connectivity index (χ3n) is 5.66. The van der Waals surface area contributed by atoms with Gasteiger partial charge in [0.1, 0.15) is 11.4 Å². The van der Waals surface area contributed by atoms with Gasteiger partial charge in [-0.05, 0) is 59.8 Å². The van der Waals surface area contributed by atoms with Gasteiger partial charge >= 0.3 is 0 Å². The van der Waals surface area contributed by atoms with Crippen LogP contribution in [-0.4, -0.2) is 33.8 Å². The first-order chi connectivity index (χ1) is 12.4. The van der Waals surface area contributed by atoms with E-state index in [2.05, 4.69) is 15.9 Å². The zero-order valence-corrected chi connectivity index (χ0v) is 16.5. The molecule has 1 amide bonds. The van der Waals surface area contributed by atoms with Crippen LogP contribution in [0.15, 0.2) is 34.9 Å². The molecule has 1 aromatic carbocycles. The first-order valence-corrected chi connectivity index (χ1v) is 9.59. The summed E-state index contributed by atoms with van der Waals surface area (Å²) in [6.07, 6.45) is 4.95. The summed E-state index contributed by atoms with van der Waals surface area (Å²) in [5.74, 6) is 0.766. The number of rotatable bonds is 4. The van der Waals surface area contributed by atoms with Crippen molar-refractivity contribution in [1.29, 1.82) is 0 Å². The molecule has 1 fully saturated rings.